The summed E-state index contributed by atoms with van der Waals surface area (Å²) in [5.74, 6) is -0.503. The number of nitrogens with zero attached hydrogens (tertiary/aromatic N) is 1. The molecule has 2 rings (SSSR count). The Labute approximate surface area is 155 Å². The number of hydrogen-bond donors (Lipinski definition) is 1. The molecule has 2 atom stereocenters. The minimum Gasteiger partial charge on any atom is -0.444 e. The van der Waals surface area contributed by atoms with Crippen LogP contribution < -0.4 is 0 Å². The van der Waals surface area contributed by atoms with E-state index in [9.17, 15) is 18.3 Å². The van der Waals surface area contributed by atoms with E-state index in [1.54, 1.807) is 32.9 Å². The fraction of sp³-hybridized carbons (Fsp3) is 0.611. The largest absolute Gasteiger partial charge is 0.444 e. The highest BCUT2D eigenvalue weighted by Gasteiger charge is 2.33. The first-order valence-electron chi connectivity index (χ1n) is 8.60. The Morgan fingerprint density at radius 2 is 1.88 bits per heavy atom. The van der Waals surface area contributed by atoms with Gasteiger partial charge in [-0.2, -0.15) is 8.42 Å². The number of benzene rings is 1. The summed E-state index contributed by atoms with van der Waals surface area (Å²) in [6.45, 7) is 7.53. The van der Waals surface area contributed by atoms with E-state index in [1.165, 1.54) is 17.0 Å². The molecule has 0 aliphatic carbocycles. The van der Waals surface area contributed by atoms with E-state index >= 15 is 0 Å². The van der Waals surface area contributed by atoms with Crippen LogP contribution in [0.5, 0.6) is 0 Å². The number of aliphatic hydroxyl groups excluding tert-OH is 1. The van der Waals surface area contributed by atoms with Crippen LogP contribution in [0.2, 0.25) is 0 Å². The van der Waals surface area contributed by atoms with Gasteiger partial charge in [0.25, 0.3) is 10.1 Å². The Balaban J connectivity index is 1.99. The van der Waals surface area contributed by atoms with Gasteiger partial charge in [0.15, 0.2) is 0 Å². The first-order chi connectivity index (χ1) is 12.0. The molecule has 1 aliphatic heterocycles. The van der Waals surface area contributed by atoms with Gasteiger partial charge in [0.2, 0.25) is 0 Å². The van der Waals surface area contributed by atoms with Crippen molar-refractivity contribution in [3.05, 3.63) is 29.8 Å². The molecule has 1 aromatic rings. The van der Waals surface area contributed by atoms with E-state index in [0.717, 1.165) is 5.56 Å². The number of carbonyl (C=O) groups is 1. The lowest BCUT2D eigenvalue weighted by Crippen LogP contribution is -2.49. The predicted octanol–water partition coefficient (Wildman–Crippen LogP) is 2.32. The van der Waals surface area contributed by atoms with Crippen molar-refractivity contribution in [2.45, 2.75) is 50.7 Å². The molecule has 146 valence electrons. The van der Waals surface area contributed by atoms with Gasteiger partial charge in [-0.25, -0.2) is 4.79 Å². The van der Waals surface area contributed by atoms with E-state index in [2.05, 4.69) is 0 Å². The Hall–Kier alpha value is -1.64. The molecule has 0 bridgehead atoms. The Morgan fingerprint density at radius 3 is 2.46 bits per heavy atom. The lowest BCUT2D eigenvalue weighted by atomic mass is 9.96. The number of carbonyl (C=O) groups excluding carboxylic acids is 1. The Bertz CT molecular complexity index is 723. The zero-order valence-electron chi connectivity index (χ0n) is 15.6. The average Bonchev–Trinajstić information content (AvgIpc) is 2.53. The van der Waals surface area contributed by atoms with E-state index in [-0.39, 0.29) is 18.0 Å². The van der Waals surface area contributed by atoms with Gasteiger partial charge in [0, 0.05) is 19.0 Å². The molecule has 1 aliphatic rings. The maximum Gasteiger partial charge on any atom is 0.410 e. The van der Waals surface area contributed by atoms with Crippen molar-refractivity contribution in [3.63, 3.8) is 0 Å². The SMILES string of the molecule is Cc1ccc(S(=O)(=O)OC[C@@H]2CN(C(=O)OC(C)(C)C)CC[C@@H]2O)cc1. The van der Waals surface area contributed by atoms with Gasteiger partial charge < -0.3 is 14.7 Å². The van der Waals surface area contributed by atoms with Gasteiger partial charge in [-0.05, 0) is 46.2 Å². The summed E-state index contributed by atoms with van der Waals surface area (Å²) in [5.41, 5.74) is 0.327. The highest BCUT2D eigenvalue weighted by Crippen LogP contribution is 2.22. The quantitative estimate of drug-likeness (QED) is 0.800. The fourth-order valence-corrected chi connectivity index (χ4v) is 3.59. The lowest BCUT2D eigenvalue weighted by molar-refractivity contribution is -0.0170. The number of amides is 1. The topological polar surface area (TPSA) is 93.1 Å². The molecule has 1 heterocycles. The number of piperidine rings is 1. The van der Waals surface area contributed by atoms with E-state index < -0.39 is 33.8 Å². The molecule has 1 N–H and O–H groups in total. The molecule has 1 saturated heterocycles. The maximum absolute atomic E-state index is 12.3. The van der Waals surface area contributed by atoms with E-state index in [0.29, 0.717) is 13.0 Å². The normalized spacial score (nSPS) is 21.5. The third-order valence-electron chi connectivity index (χ3n) is 4.09. The molecule has 0 saturated carbocycles. The smallest absolute Gasteiger partial charge is 0.410 e. The number of rotatable bonds is 4. The molecule has 0 aromatic heterocycles. The van der Waals surface area contributed by atoms with Gasteiger partial charge in [-0.3, -0.25) is 4.18 Å². The van der Waals surface area contributed by atoms with Crippen LogP contribution in [0, 0.1) is 12.8 Å². The summed E-state index contributed by atoms with van der Waals surface area (Å²) in [6.07, 6.45) is -0.865. The van der Waals surface area contributed by atoms with Crippen LogP contribution in [-0.2, 0) is 19.0 Å². The number of hydrogen-bond acceptors (Lipinski definition) is 6. The number of aryl methyl sites for hydroxylation is 1. The molecule has 1 fully saturated rings. The van der Waals surface area contributed by atoms with Gasteiger partial charge in [-0.1, -0.05) is 17.7 Å². The van der Waals surface area contributed by atoms with E-state index in [1.807, 2.05) is 6.92 Å². The predicted molar refractivity (Wildman–Crippen MR) is 96.2 cm³/mol. The maximum atomic E-state index is 12.3. The molecule has 0 radical (unpaired) electrons. The van der Waals surface area contributed by atoms with Gasteiger partial charge in [-0.15, -0.1) is 0 Å². The minimum absolute atomic E-state index is 0.0670. The first kappa shape index (κ1) is 20.7. The zero-order chi connectivity index (χ0) is 19.5. The summed E-state index contributed by atoms with van der Waals surface area (Å²) >= 11 is 0. The summed E-state index contributed by atoms with van der Waals surface area (Å²) in [6, 6.07) is 6.34. The number of likely N-dealkylation sites (tertiary alicyclic amines) is 1. The summed E-state index contributed by atoms with van der Waals surface area (Å²) in [4.78, 5) is 13.7. The van der Waals surface area contributed by atoms with Crippen LogP contribution in [0.15, 0.2) is 29.2 Å². The first-order valence-corrected chi connectivity index (χ1v) is 10.0. The Kier molecular flexibility index (Phi) is 6.31. The highest BCUT2D eigenvalue weighted by molar-refractivity contribution is 7.86. The van der Waals surface area contributed by atoms with Crippen LogP contribution in [0.1, 0.15) is 32.8 Å². The van der Waals surface area contributed by atoms with Crippen LogP contribution in [-0.4, -0.2) is 55.9 Å². The van der Waals surface area contributed by atoms with Gasteiger partial charge >= 0.3 is 6.09 Å². The van der Waals surface area contributed by atoms with Crippen molar-refractivity contribution in [3.8, 4) is 0 Å². The molecular weight excluding hydrogens is 358 g/mol. The van der Waals surface area contributed by atoms with Crippen molar-refractivity contribution in [2.75, 3.05) is 19.7 Å². The molecule has 26 heavy (non-hydrogen) atoms. The summed E-state index contributed by atoms with van der Waals surface area (Å²) in [5, 5.41) is 10.2. The molecule has 0 unspecified atom stereocenters. The van der Waals surface area contributed by atoms with Crippen LogP contribution in [0.4, 0.5) is 4.79 Å². The fourth-order valence-electron chi connectivity index (χ4n) is 2.63. The highest BCUT2D eigenvalue weighted by atomic mass is 32.2. The molecule has 7 nitrogen and oxygen atoms in total. The lowest BCUT2D eigenvalue weighted by Gasteiger charge is -2.36. The van der Waals surface area contributed by atoms with Crippen LogP contribution >= 0.6 is 0 Å². The molecule has 8 heteroatoms. The monoisotopic (exact) mass is 385 g/mol. The molecule has 1 aromatic carbocycles. The second kappa shape index (κ2) is 7.94. The van der Waals surface area contributed by atoms with Gasteiger partial charge in [0.1, 0.15) is 5.60 Å². The summed E-state index contributed by atoms with van der Waals surface area (Å²) in [7, 11) is -3.91. The minimum atomic E-state index is -3.91. The van der Waals surface area contributed by atoms with Crippen molar-refractivity contribution in [1.29, 1.82) is 0 Å². The second-order valence-electron chi connectivity index (χ2n) is 7.59. The zero-order valence-corrected chi connectivity index (χ0v) is 16.5. The standard InChI is InChI=1S/C18H27NO6S/c1-13-5-7-15(8-6-13)26(22,23)24-12-14-11-19(10-9-16(14)20)17(21)25-18(2,3)4/h5-8,14,16,20H,9-12H2,1-4H3/t14-,16-/m0/s1. The molecular formula is C18H27NO6S. The van der Waals surface area contributed by atoms with Crippen molar-refractivity contribution in [1.82, 2.24) is 4.90 Å². The number of ether oxygens (including phenoxy) is 1. The third kappa shape index (κ3) is 5.69. The van der Waals surface area contributed by atoms with Crippen molar-refractivity contribution in [2.24, 2.45) is 5.92 Å². The van der Waals surface area contributed by atoms with E-state index in [4.69, 9.17) is 8.92 Å². The molecule has 1 amide bonds. The van der Waals surface area contributed by atoms with Crippen LogP contribution in [0.3, 0.4) is 0 Å². The average molecular weight is 385 g/mol. The number of aliphatic hydroxyl groups is 1. The van der Waals surface area contributed by atoms with Crippen molar-refractivity contribution < 1.29 is 27.2 Å². The third-order valence-corrected chi connectivity index (χ3v) is 5.39. The van der Waals surface area contributed by atoms with Gasteiger partial charge in [0.05, 0.1) is 17.6 Å². The van der Waals surface area contributed by atoms with Crippen LogP contribution in [0.25, 0.3) is 0 Å². The molecule has 0 spiro atoms. The summed E-state index contributed by atoms with van der Waals surface area (Å²) < 4.78 is 35.0. The Morgan fingerprint density at radius 1 is 1.27 bits per heavy atom. The van der Waals surface area contributed by atoms with Crippen molar-refractivity contribution >= 4 is 16.2 Å². The second-order valence-corrected chi connectivity index (χ2v) is 9.21.